The number of nitrogen functional groups attached to an aromatic ring is 1. The van der Waals surface area contributed by atoms with Gasteiger partial charge in [-0.2, -0.15) is 0 Å². The van der Waals surface area contributed by atoms with Gasteiger partial charge >= 0.3 is 0 Å². The summed E-state index contributed by atoms with van der Waals surface area (Å²) in [6.07, 6.45) is 11.6. The first-order valence-electron chi connectivity index (χ1n) is 9.09. The molecular formula is C23H29NO. The number of rotatable bonds is 1. The van der Waals surface area contributed by atoms with Gasteiger partial charge in [0, 0.05) is 11.3 Å². The Morgan fingerprint density at radius 1 is 0.840 bits per heavy atom. The molecule has 2 heteroatoms. The molecule has 2 bridgehead atoms. The molecule has 1 fully saturated rings. The number of hydrogen-bond donors (Lipinski definition) is 1. The van der Waals surface area contributed by atoms with E-state index in [1.165, 1.54) is 25.7 Å². The van der Waals surface area contributed by atoms with E-state index < -0.39 is 0 Å². The predicted molar refractivity (Wildman–Crippen MR) is 107 cm³/mol. The number of aryl methyl sites for hydroxylation is 2. The molecule has 2 nitrogen and oxygen atoms in total. The summed E-state index contributed by atoms with van der Waals surface area (Å²) in [5, 5.41) is 0. The van der Waals surface area contributed by atoms with Crippen LogP contribution in [-0.2, 0) is 0 Å². The Bertz CT molecular complexity index is 648. The predicted octanol–water partition coefficient (Wildman–Crippen LogP) is 5.75. The largest absolute Gasteiger partial charge is 0.399 e. The van der Waals surface area contributed by atoms with Crippen LogP contribution in [0.1, 0.15) is 47.2 Å². The first kappa shape index (κ1) is 19.0. The maximum atomic E-state index is 10.3. The second-order valence-corrected chi connectivity index (χ2v) is 7.01. The molecule has 0 aromatic heterocycles. The van der Waals surface area contributed by atoms with Crippen LogP contribution in [0, 0.1) is 25.7 Å². The van der Waals surface area contributed by atoms with Crippen molar-refractivity contribution in [1.29, 1.82) is 0 Å². The van der Waals surface area contributed by atoms with E-state index in [-0.39, 0.29) is 0 Å². The van der Waals surface area contributed by atoms with Crippen LogP contribution in [-0.4, -0.2) is 6.29 Å². The zero-order valence-corrected chi connectivity index (χ0v) is 15.3. The zero-order valence-electron chi connectivity index (χ0n) is 15.3. The molecule has 1 saturated carbocycles. The molecule has 0 amide bonds. The van der Waals surface area contributed by atoms with Gasteiger partial charge in [0.05, 0.1) is 0 Å². The maximum Gasteiger partial charge on any atom is 0.150 e. The van der Waals surface area contributed by atoms with Gasteiger partial charge in [-0.1, -0.05) is 47.5 Å². The van der Waals surface area contributed by atoms with Crippen LogP contribution in [0.15, 0.2) is 60.7 Å². The number of allylic oxidation sites excluding steroid dienone is 2. The lowest BCUT2D eigenvalue weighted by atomic mass is 9.76. The van der Waals surface area contributed by atoms with Crippen LogP contribution in [0.4, 0.5) is 5.69 Å². The maximum absolute atomic E-state index is 10.3. The summed E-state index contributed by atoms with van der Waals surface area (Å²) in [6, 6.07) is 15.3. The molecule has 3 aliphatic carbocycles. The van der Waals surface area contributed by atoms with Crippen molar-refractivity contribution in [1.82, 2.24) is 0 Å². The van der Waals surface area contributed by atoms with Crippen molar-refractivity contribution in [2.75, 3.05) is 5.73 Å². The molecule has 0 unspecified atom stereocenters. The summed E-state index contributed by atoms with van der Waals surface area (Å²) in [4.78, 5) is 10.3. The number of nitrogens with two attached hydrogens (primary N) is 1. The van der Waals surface area contributed by atoms with Crippen LogP contribution in [0.3, 0.4) is 0 Å². The summed E-state index contributed by atoms with van der Waals surface area (Å²) in [6.45, 7) is 3.97. The third-order valence-corrected chi connectivity index (χ3v) is 4.65. The molecule has 0 atom stereocenters. The lowest BCUT2D eigenvalue weighted by molar-refractivity contribution is 0.112. The second-order valence-electron chi connectivity index (χ2n) is 7.01. The highest BCUT2D eigenvalue weighted by atomic mass is 16.1. The minimum Gasteiger partial charge on any atom is -0.399 e. The summed E-state index contributed by atoms with van der Waals surface area (Å²) in [5.41, 5.74) is 9.22. The Morgan fingerprint density at radius 2 is 1.32 bits per heavy atom. The number of hydrogen-bond acceptors (Lipinski definition) is 2. The van der Waals surface area contributed by atoms with Crippen molar-refractivity contribution in [2.45, 2.75) is 39.5 Å². The van der Waals surface area contributed by atoms with E-state index in [2.05, 4.69) is 12.2 Å². The SMILES string of the molecule is C1=CC2CCC1CC2.Cc1cc(C)cc(C=O)c1.Nc1ccccc1. The van der Waals surface area contributed by atoms with Gasteiger partial charge < -0.3 is 5.73 Å². The number of para-hydroxylation sites is 1. The van der Waals surface area contributed by atoms with Crippen molar-refractivity contribution in [3.63, 3.8) is 0 Å². The zero-order chi connectivity index (χ0) is 18.1. The van der Waals surface area contributed by atoms with Crippen LogP contribution < -0.4 is 5.73 Å². The van der Waals surface area contributed by atoms with E-state index >= 15 is 0 Å². The number of carbonyl (C=O) groups excluding carboxylic acids is 1. The Kier molecular flexibility index (Phi) is 7.46. The van der Waals surface area contributed by atoms with Crippen molar-refractivity contribution in [3.05, 3.63) is 77.4 Å². The molecule has 0 heterocycles. The van der Waals surface area contributed by atoms with Gasteiger partial charge in [-0.25, -0.2) is 0 Å². The average molecular weight is 335 g/mol. The van der Waals surface area contributed by atoms with Crippen molar-refractivity contribution >= 4 is 12.0 Å². The molecule has 0 spiro atoms. The highest BCUT2D eigenvalue weighted by Crippen LogP contribution is 2.35. The highest BCUT2D eigenvalue weighted by molar-refractivity contribution is 5.75. The first-order valence-corrected chi connectivity index (χ1v) is 9.09. The molecule has 5 rings (SSSR count). The van der Waals surface area contributed by atoms with Gasteiger partial charge in [-0.3, -0.25) is 4.79 Å². The van der Waals surface area contributed by atoms with Gasteiger partial charge in [-0.15, -0.1) is 0 Å². The third-order valence-electron chi connectivity index (χ3n) is 4.65. The van der Waals surface area contributed by atoms with E-state index in [1.54, 1.807) is 0 Å². The minimum atomic E-state index is 0.762. The quantitative estimate of drug-likeness (QED) is 0.410. The Labute approximate surface area is 151 Å². The summed E-state index contributed by atoms with van der Waals surface area (Å²) < 4.78 is 0. The highest BCUT2D eigenvalue weighted by Gasteiger charge is 2.21. The number of carbonyl (C=O) groups is 1. The second kappa shape index (κ2) is 9.83. The fourth-order valence-electron chi connectivity index (χ4n) is 3.38. The summed E-state index contributed by atoms with van der Waals surface area (Å²) in [5.74, 6) is 1.94. The van der Waals surface area contributed by atoms with Gasteiger partial charge in [-0.05, 0) is 75.6 Å². The Hall–Kier alpha value is -2.35. The minimum absolute atomic E-state index is 0.762. The molecule has 25 heavy (non-hydrogen) atoms. The van der Waals surface area contributed by atoms with Crippen molar-refractivity contribution in [3.8, 4) is 0 Å². The van der Waals surface area contributed by atoms with Gasteiger partial charge in [0.2, 0.25) is 0 Å². The third kappa shape index (κ3) is 6.96. The molecule has 132 valence electrons. The fraction of sp³-hybridized carbons (Fsp3) is 0.348. The number of aldehydes is 1. The summed E-state index contributed by atoms with van der Waals surface area (Å²) in [7, 11) is 0. The molecule has 2 aromatic carbocycles. The molecular weight excluding hydrogens is 306 g/mol. The van der Waals surface area contributed by atoms with E-state index in [4.69, 9.17) is 5.73 Å². The molecule has 0 saturated heterocycles. The summed E-state index contributed by atoms with van der Waals surface area (Å²) >= 11 is 0. The molecule has 0 radical (unpaired) electrons. The number of fused-ring (bicyclic) bond motifs is 2. The van der Waals surface area contributed by atoms with Gasteiger partial charge in [0.25, 0.3) is 0 Å². The fourth-order valence-corrected chi connectivity index (χ4v) is 3.38. The average Bonchev–Trinajstić information content (AvgIpc) is 2.64. The lowest BCUT2D eigenvalue weighted by Gasteiger charge is -2.29. The van der Waals surface area contributed by atoms with Crippen molar-refractivity contribution in [2.24, 2.45) is 11.8 Å². The normalized spacial score (nSPS) is 19.9. The van der Waals surface area contributed by atoms with Crippen LogP contribution in [0.5, 0.6) is 0 Å². The van der Waals surface area contributed by atoms with E-state index in [0.717, 1.165) is 40.5 Å². The van der Waals surface area contributed by atoms with E-state index in [9.17, 15) is 4.79 Å². The number of anilines is 1. The van der Waals surface area contributed by atoms with Crippen LogP contribution in [0.2, 0.25) is 0 Å². The molecule has 2 N–H and O–H groups in total. The topological polar surface area (TPSA) is 43.1 Å². The van der Waals surface area contributed by atoms with Gasteiger partial charge in [0.15, 0.2) is 0 Å². The van der Waals surface area contributed by atoms with E-state index in [0.29, 0.717) is 0 Å². The Morgan fingerprint density at radius 3 is 1.60 bits per heavy atom. The van der Waals surface area contributed by atoms with E-state index in [1.807, 2.05) is 62.4 Å². The lowest BCUT2D eigenvalue weighted by Crippen LogP contribution is -2.16. The first-order chi connectivity index (χ1) is 12.1. The van der Waals surface area contributed by atoms with Crippen LogP contribution >= 0.6 is 0 Å². The monoisotopic (exact) mass is 335 g/mol. The standard InChI is InChI=1S/C9H10O.C8H12.C6H7N/c1-7-3-8(2)5-9(4-7)6-10;1-2-8-5-3-7(1)4-6-8;7-6-4-2-1-3-5-6/h3-6H,1-2H3;1-2,7-8H,3-6H2;1-5H,7H2. The molecule has 3 aliphatic rings. The molecule has 2 aromatic rings. The van der Waals surface area contributed by atoms with Crippen LogP contribution in [0.25, 0.3) is 0 Å². The van der Waals surface area contributed by atoms with Crippen molar-refractivity contribution < 1.29 is 4.79 Å². The Balaban J connectivity index is 0.000000137. The number of benzene rings is 2. The smallest absolute Gasteiger partial charge is 0.150 e. The molecule has 0 aliphatic heterocycles. The van der Waals surface area contributed by atoms with Gasteiger partial charge in [0.1, 0.15) is 6.29 Å².